The lowest BCUT2D eigenvalue weighted by molar-refractivity contribution is -0.0498. The van der Waals surface area contributed by atoms with Gasteiger partial charge in [-0.25, -0.2) is 34.4 Å². The topological polar surface area (TPSA) is 68.3 Å². The third kappa shape index (κ3) is 3.68. The van der Waals surface area contributed by atoms with Crippen LogP contribution in [-0.2, 0) is 23.8 Å². The van der Waals surface area contributed by atoms with E-state index in [1.807, 2.05) is 0 Å². The zero-order chi connectivity index (χ0) is 23.2. The van der Waals surface area contributed by atoms with Crippen molar-refractivity contribution in [3.63, 3.8) is 0 Å². The average molecular weight is 484 g/mol. The maximum atomic E-state index is 14.2. The highest BCUT2D eigenvalue weighted by atomic mass is 32.3. The monoisotopic (exact) mass is 484 g/mol. The van der Waals surface area contributed by atoms with Crippen LogP contribution in [0.15, 0.2) is 6.07 Å². The molecule has 29 heavy (non-hydrogen) atoms. The Hall–Kier alpha value is -1.58. The van der Waals surface area contributed by atoms with Gasteiger partial charge in [-0.15, -0.1) is 0 Å². The first kappa shape index (κ1) is 25.5. The summed E-state index contributed by atoms with van der Waals surface area (Å²) in [5.74, 6) is -11.3. The summed E-state index contributed by atoms with van der Waals surface area (Å²) in [5.41, 5.74) is -16.7. The van der Waals surface area contributed by atoms with Crippen LogP contribution < -0.4 is 0 Å². The fourth-order valence-corrected chi connectivity index (χ4v) is 6.69. The number of halogens is 10. The Morgan fingerprint density at radius 3 is 1.38 bits per heavy atom. The maximum Gasteiger partial charge on any atom is 0.499 e. The highest BCUT2D eigenvalue weighted by Crippen LogP contribution is 2.54. The second-order valence-corrected chi connectivity index (χ2v) is 10.2. The largest absolute Gasteiger partial charge is 0.499 e. The van der Waals surface area contributed by atoms with Crippen LogP contribution in [0.4, 0.5) is 43.9 Å². The van der Waals surface area contributed by atoms with Crippen molar-refractivity contribution in [1.82, 2.24) is 0 Å². The van der Waals surface area contributed by atoms with Gasteiger partial charge in [0.2, 0.25) is 4.08 Å². The van der Waals surface area contributed by atoms with Crippen molar-refractivity contribution in [2.24, 2.45) is 0 Å². The molecule has 0 bridgehead atoms. The average Bonchev–Trinajstić information content (AvgIpc) is 2.53. The number of unbranched alkanes of at least 4 members (excludes halogenated alkanes) is 1. The van der Waals surface area contributed by atoms with E-state index in [0.29, 0.717) is 0 Å². The Bertz CT molecular complexity index is 924. The van der Waals surface area contributed by atoms with Gasteiger partial charge < -0.3 is 0 Å². The summed E-state index contributed by atoms with van der Waals surface area (Å²) in [5, 5.41) is 0. The number of alkyl halides is 6. The van der Waals surface area contributed by atoms with Crippen LogP contribution in [0.2, 0.25) is 0 Å². The Kier molecular flexibility index (Phi) is 6.66. The smallest absolute Gasteiger partial charge is 0.218 e. The minimum absolute atomic E-state index is 0.455. The van der Waals surface area contributed by atoms with E-state index in [9.17, 15) is 60.7 Å². The number of hydrogen-bond acceptors (Lipinski definition) is 4. The molecule has 0 unspecified atom stereocenters. The number of sulfone groups is 2. The Morgan fingerprint density at radius 1 is 0.759 bits per heavy atom. The lowest BCUT2D eigenvalue weighted by Gasteiger charge is -2.34. The number of benzene rings is 1. The van der Waals surface area contributed by atoms with Crippen molar-refractivity contribution in [1.29, 1.82) is 0 Å². The van der Waals surface area contributed by atoms with E-state index >= 15 is 0 Å². The molecule has 1 rings (SSSR count). The molecule has 0 N–H and O–H groups in total. The minimum atomic E-state index is -7.67. The minimum Gasteiger partial charge on any atom is -0.218 e. The first-order valence-corrected chi connectivity index (χ1v) is 10.2. The van der Waals surface area contributed by atoms with E-state index in [1.165, 1.54) is 0 Å². The molecule has 0 atom stereocenters. The highest BCUT2D eigenvalue weighted by Gasteiger charge is 2.74. The van der Waals surface area contributed by atoms with Gasteiger partial charge in [0.25, 0.3) is 19.7 Å². The molecule has 0 aliphatic rings. The number of rotatable bonds is 6. The molecule has 0 aliphatic carbocycles. The van der Waals surface area contributed by atoms with Gasteiger partial charge >= 0.3 is 11.0 Å². The van der Waals surface area contributed by atoms with Crippen LogP contribution in [-0.4, -0.2) is 27.9 Å². The summed E-state index contributed by atoms with van der Waals surface area (Å²) in [6.07, 6.45) is -3.71. The van der Waals surface area contributed by atoms with E-state index < -0.39 is 88.9 Å². The molecule has 0 radical (unpaired) electrons. The van der Waals surface area contributed by atoms with Gasteiger partial charge in [0.15, 0.2) is 23.3 Å². The molecule has 168 valence electrons. The molecule has 0 saturated carbocycles. The van der Waals surface area contributed by atoms with E-state index in [1.54, 1.807) is 0 Å². The maximum absolute atomic E-state index is 14.2. The van der Waals surface area contributed by atoms with E-state index in [2.05, 4.69) is 0 Å². The molecule has 4 nitrogen and oxygen atoms in total. The van der Waals surface area contributed by atoms with Crippen LogP contribution in [0.1, 0.15) is 31.7 Å². The molecule has 0 saturated heterocycles. The van der Waals surface area contributed by atoms with Crippen molar-refractivity contribution < 1.29 is 60.7 Å². The summed E-state index contributed by atoms with van der Waals surface area (Å²) >= 11 is 0. The summed E-state index contributed by atoms with van der Waals surface area (Å²) in [7, 11) is -15.3. The highest BCUT2D eigenvalue weighted by molar-refractivity contribution is 8.10. The second-order valence-electron chi connectivity index (χ2n) is 5.60. The molecule has 0 amide bonds. The molecule has 0 heterocycles. The molecule has 0 fully saturated rings. The first-order chi connectivity index (χ1) is 12.8. The molecule has 1 aromatic rings. The van der Waals surface area contributed by atoms with Crippen LogP contribution in [0.5, 0.6) is 0 Å². The van der Waals surface area contributed by atoms with Crippen LogP contribution in [0.25, 0.3) is 0 Å². The van der Waals surface area contributed by atoms with Gasteiger partial charge in [-0.1, -0.05) is 19.8 Å². The van der Waals surface area contributed by atoms with E-state index in [4.69, 9.17) is 0 Å². The molecule has 0 aromatic heterocycles. The van der Waals surface area contributed by atoms with Crippen LogP contribution >= 0.6 is 0 Å². The van der Waals surface area contributed by atoms with Crippen LogP contribution in [0.3, 0.4) is 0 Å². The SMILES string of the molecule is CCCCC(c1c(F)c(F)cc(F)c1F)(S(=O)(=O)C(F)(F)F)S(=O)(=O)C(F)(F)F. The molecule has 16 heteroatoms. The van der Waals surface area contributed by atoms with Gasteiger partial charge in [-0.05, 0) is 6.42 Å². The normalized spacial score (nSPS) is 14.3. The summed E-state index contributed by atoms with van der Waals surface area (Å²) in [6, 6.07) is -0.640. The predicted octanol–water partition coefficient (Wildman–Crippen LogP) is 4.46. The Morgan fingerprint density at radius 2 is 1.10 bits per heavy atom. The Balaban J connectivity index is 4.48. The van der Waals surface area contributed by atoms with Crippen molar-refractivity contribution in [2.45, 2.75) is 41.3 Å². The molecular formula is C13H10F10O4S2. The molecular weight excluding hydrogens is 474 g/mol. The molecule has 0 spiro atoms. The number of hydrogen-bond donors (Lipinski definition) is 0. The zero-order valence-corrected chi connectivity index (χ0v) is 15.6. The van der Waals surface area contributed by atoms with Gasteiger partial charge in [0.05, 0.1) is 5.56 Å². The van der Waals surface area contributed by atoms with Gasteiger partial charge in [0, 0.05) is 6.07 Å². The van der Waals surface area contributed by atoms with E-state index in [-0.39, 0.29) is 0 Å². The van der Waals surface area contributed by atoms with Gasteiger partial charge in [0.1, 0.15) is 0 Å². The van der Waals surface area contributed by atoms with Gasteiger partial charge in [-0.2, -0.15) is 26.3 Å². The zero-order valence-electron chi connectivity index (χ0n) is 13.9. The third-order valence-corrected chi connectivity index (χ3v) is 8.92. The summed E-state index contributed by atoms with van der Waals surface area (Å²) in [6.45, 7) is 1.06. The second kappa shape index (κ2) is 7.59. The predicted molar refractivity (Wildman–Crippen MR) is 77.4 cm³/mol. The Labute approximate surface area is 157 Å². The summed E-state index contributed by atoms with van der Waals surface area (Å²) < 4.78 is 177. The third-order valence-electron chi connectivity index (χ3n) is 3.83. The molecule has 0 aliphatic heterocycles. The van der Waals surface area contributed by atoms with Crippen molar-refractivity contribution in [3.8, 4) is 0 Å². The first-order valence-electron chi connectivity index (χ1n) is 7.26. The van der Waals surface area contributed by atoms with Gasteiger partial charge in [-0.3, -0.25) is 0 Å². The van der Waals surface area contributed by atoms with Crippen LogP contribution in [0, 0.1) is 23.3 Å². The van der Waals surface area contributed by atoms with E-state index in [0.717, 1.165) is 6.92 Å². The van der Waals surface area contributed by atoms with Crippen molar-refractivity contribution in [3.05, 3.63) is 34.9 Å². The van der Waals surface area contributed by atoms with Crippen molar-refractivity contribution in [2.75, 3.05) is 0 Å². The standard InChI is InChI=1S/C13H10F10O4S2/c1-2-3-4-11(28(24,25)12(18,19)20,29(26,27)13(21,22)23)8-9(16)6(14)5-7(15)10(8)17/h5H,2-4H2,1H3. The lowest BCUT2D eigenvalue weighted by atomic mass is 10.0. The fourth-order valence-electron chi connectivity index (χ4n) is 2.50. The molecule has 1 aromatic carbocycles. The quantitative estimate of drug-likeness (QED) is 0.442. The fraction of sp³-hybridized carbons (Fsp3) is 0.538. The summed E-state index contributed by atoms with van der Waals surface area (Å²) in [4.78, 5) is 0. The lowest BCUT2D eigenvalue weighted by Crippen LogP contribution is -2.54. The van der Waals surface area contributed by atoms with Crippen molar-refractivity contribution >= 4 is 19.7 Å².